The van der Waals surface area contributed by atoms with Gasteiger partial charge in [-0.2, -0.15) is 4.98 Å². The van der Waals surface area contributed by atoms with Crippen LogP contribution < -0.4 is 0 Å². The Morgan fingerprint density at radius 3 is 2.72 bits per heavy atom. The summed E-state index contributed by atoms with van der Waals surface area (Å²) < 4.78 is 7.18. The van der Waals surface area contributed by atoms with Crippen LogP contribution in [0.3, 0.4) is 0 Å². The van der Waals surface area contributed by atoms with Gasteiger partial charge in [-0.3, -0.25) is 14.3 Å². The molecule has 1 unspecified atom stereocenters. The van der Waals surface area contributed by atoms with Crippen molar-refractivity contribution in [2.24, 2.45) is 5.92 Å². The number of aliphatic carboxylic acids is 1. The Kier molecular flexibility index (Phi) is 8.89. The molecule has 172 valence electrons. The molecule has 0 bridgehead atoms. The summed E-state index contributed by atoms with van der Waals surface area (Å²) in [7, 11) is 0. The van der Waals surface area contributed by atoms with Crippen molar-refractivity contribution in [3.63, 3.8) is 0 Å². The van der Waals surface area contributed by atoms with Gasteiger partial charge in [-0.25, -0.2) is 9.97 Å². The number of carboxylic acid groups (broad SMARTS) is 1. The topological polar surface area (TPSA) is 120 Å². The SMILES string of the molecule is CC.O=C(O)CC(CCCC1CCCCC1)c1nc(-c2cncc(-n3ccnc3)n2)no1. The fourth-order valence-electron chi connectivity index (χ4n) is 4.14. The quantitative estimate of drug-likeness (QED) is 0.491. The second-order valence-electron chi connectivity index (χ2n) is 7.92. The van der Waals surface area contributed by atoms with E-state index in [0.29, 0.717) is 23.2 Å². The van der Waals surface area contributed by atoms with Gasteiger partial charge in [0.15, 0.2) is 5.82 Å². The van der Waals surface area contributed by atoms with Crippen LogP contribution in [0.2, 0.25) is 0 Å². The van der Waals surface area contributed by atoms with E-state index in [0.717, 1.165) is 25.2 Å². The van der Waals surface area contributed by atoms with E-state index in [1.165, 1.54) is 32.1 Å². The Hall–Kier alpha value is -3.10. The van der Waals surface area contributed by atoms with Gasteiger partial charge in [-0.1, -0.05) is 63.9 Å². The summed E-state index contributed by atoms with van der Waals surface area (Å²) in [5.74, 6) is 0.860. The lowest BCUT2D eigenvalue weighted by Gasteiger charge is -2.21. The zero-order valence-electron chi connectivity index (χ0n) is 18.9. The second-order valence-corrected chi connectivity index (χ2v) is 7.92. The van der Waals surface area contributed by atoms with Crippen molar-refractivity contribution in [3.8, 4) is 17.3 Å². The van der Waals surface area contributed by atoms with Crippen LogP contribution in [0.15, 0.2) is 35.6 Å². The lowest BCUT2D eigenvalue weighted by Crippen LogP contribution is -2.10. The monoisotopic (exact) mass is 440 g/mol. The van der Waals surface area contributed by atoms with Crippen LogP contribution in [0.1, 0.15) is 83.4 Å². The molecule has 1 atom stereocenters. The molecular weight excluding hydrogens is 408 g/mol. The summed E-state index contributed by atoms with van der Waals surface area (Å²) in [6, 6.07) is 0. The zero-order chi connectivity index (χ0) is 22.8. The number of carbonyl (C=O) groups is 1. The highest BCUT2D eigenvalue weighted by atomic mass is 16.5. The van der Waals surface area contributed by atoms with E-state index in [1.54, 1.807) is 35.7 Å². The average molecular weight is 441 g/mol. The van der Waals surface area contributed by atoms with Crippen molar-refractivity contribution in [2.75, 3.05) is 0 Å². The van der Waals surface area contributed by atoms with Gasteiger partial charge in [0.2, 0.25) is 11.7 Å². The molecular formula is C23H32N6O3. The lowest BCUT2D eigenvalue weighted by molar-refractivity contribution is -0.137. The first-order valence-corrected chi connectivity index (χ1v) is 11.5. The van der Waals surface area contributed by atoms with Crippen molar-refractivity contribution in [2.45, 2.75) is 77.6 Å². The van der Waals surface area contributed by atoms with Gasteiger partial charge in [-0.15, -0.1) is 0 Å². The van der Waals surface area contributed by atoms with E-state index >= 15 is 0 Å². The molecule has 0 amide bonds. The van der Waals surface area contributed by atoms with Crippen LogP contribution in [0.5, 0.6) is 0 Å². The number of aromatic nitrogens is 6. The van der Waals surface area contributed by atoms with Gasteiger partial charge in [0, 0.05) is 18.3 Å². The molecule has 1 fully saturated rings. The summed E-state index contributed by atoms with van der Waals surface area (Å²) in [6.07, 6.45) is 17.6. The Bertz CT molecular complexity index is 950. The van der Waals surface area contributed by atoms with E-state index in [9.17, 15) is 9.90 Å². The van der Waals surface area contributed by atoms with Gasteiger partial charge in [0.25, 0.3) is 0 Å². The van der Waals surface area contributed by atoms with Crippen molar-refractivity contribution >= 4 is 5.97 Å². The van der Waals surface area contributed by atoms with Crippen molar-refractivity contribution in [1.82, 2.24) is 29.7 Å². The van der Waals surface area contributed by atoms with Gasteiger partial charge < -0.3 is 9.63 Å². The molecule has 0 aliphatic heterocycles. The van der Waals surface area contributed by atoms with Crippen LogP contribution in [0.25, 0.3) is 17.3 Å². The van der Waals surface area contributed by atoms with Crippen LogP contribution in [-0.4, -0.2) is 40.7 Å². The predicted molar refractivity (Wildman–Crippen MR) is 119 cm³/mol. The predicted octanol–water partition coefficient (Wildman–Crippen LogP) is 5.05. The minimum Gasteiger partial charge on any atom is -0.481 e. The summed E-state index contributed by atoms with van der Waals surface area (Å²) in [5.41, 5.74) is 0.465. The van der Waals surface area contributed by atoms with Crippen LogP contribution >= 0.6 is 0 Å². The van der Waals surface area contributed by atoms with Gasteiger partial charge >= 0.3 is 5.97 Å². The third kappa shape index (κ3) is 6.45. The van der Waals surface area contributed by atoms with E-state index in [1.807, 2.05) is 13.8 Å². The molecule has 0 radical (unpaired) electrons. The summed E-state index contributed by atoms with van der Waals surface area (Å²) in [4.78, 5) is 28.5. The fourth-order valence-corrected chi connectivity index (χ4v) is 4.14. The number of nitrogens with zero attached hydrogens (tertiary/aromatic N) is 6. The molecule has 0 aromatic carbocycles. The highest BCUT2D eigenvalue weighted by molar-refractivity contribution is 5.67. The normalized spacial score (nSPS) is 15.1. The molecule has 1 saturated carbocycles. The number of carboxylic acids is 1. The fraction of sp³-hybridized carbons (Fsp3) is 0.565. The first-order valence-electron chi connectivity index (χ1n) is 11.5. The van der Waals surface area contributed by atoms with E-state index in [4.69, 9.17) is 4.52 Å². The number of imidazole rings is 1. The number of hydrogen-bond donors (Lipinski definition) is 1. The second kappa shape index (κ2) is 12.1. The van der Waals surface area contributed by atoms with E-state index < -0.39 is 5.97 Å². The van der Waals surface area contributed by atoms with E-state index in [-0.39, 0.29) is 12.3 Å². The maximum atomic E-state index is 11.4. The molecule has 0 spiro atoms. The molecule has 0 saturated heterocycles. The van der Waals surface area contributed by atoms with Crippen LogP contribution in [-0.2, 0) is 4.79 Å². The minimum absolute atomic E-state index is 0.0208. The standard InChI is InChI=1S/C21H26N6O3.C2H6/c28-19(29)11-16(8-4-7-15-5-2-1-3-6-15)21-25-20(26-30-21)17-12-23-13-18(24-17)27-10-9-22-14-27;1-2/h9-10,12-16H,1-8,11H2,(H,28,29);1-2H3. The van der Waals surface area contributed by atoms with Crippen molar-refractivity contribution in [3.05, 3.63) is 37.0 Å². The third-order valence-electron chi connectivity index (χ3n) is 5.72. The molecule has 9 nitrogen and oxygen atoms in total. The first-order chi connectivity index (χ1) is 15.7. The third-order valence-corrected chi connectivity index (χ3v) is 5.72. The molecule has 3 heterocycles. The maximum absolute atomic E-state index is 11.4. The summed E-state index contributed by atoms with van der Waals surface area (Å²) in [5, 5.41) is 13.4. The highest BCUT2D eigenvalue weighted by Crippen LogP contribution is 2.31. The maximum Gasteiger partial charge on any atom is 0.304 e. The molecule has 1 aliphatic carbocycles. The molecule has 32 heavy (non-hydrogen) atoms. The van der Waals surface area contributed by atoms with Gasteiger partial charge in [-0.05, 0) is 12.3 Å². The molecule has 3 aromatic heterocycles. The number of hydrogen-bond acceptors (Lipinski definition) is 7. The Labute approximate surface area is 188 Å². The van der Waals surface area contributed by atoms with Gasteiger partial charge in [0.1, 0.15) is 12.0 Å². The smallest absolute Gasteiger partial charge is 0.304 e. The largest absolute Gasteiger partial charge is 0.481 e. The first kappa shape index (κ1) is 23.6. The summed E-state index contributed by atoms with van der Waals surface area (Å²) >= 11 is 0. The number of rotatable bonds is 9. The molecule has 3 aromatic rings. The van der Waals surface area contributed by atoms with Crippen molar-refractivity contribution < 1.29 is 14.4 Å². The molecule has 1 aliphatic rings. The van der Waals surface area contributed by atoms with Gasteiger partial charge in [0.05, 0.1) is 18.8 Å². The lowest BCUT2D eigenvalue weighted by atomic mass is 9.84. The average Bonchev–Trinajstić information content (AvgIpc) is 3.53. The molecule has 4 rings (SSSR count). The zero-order valence-corrected chi connectivity index (χ0v) is 18.9. The minimum atomic E-state index is -0.862. The Morgan fingerprint density at radius 2 is 2.00 bits per heavy atom. The highest BCUT2D eigenvalue weighted by Gasteiger charge is 2.24. The summed E-state index contributed by atoms with van der Waals surface area (Å²) in [6.45, 7) is 4.00. The van der Waals surface area contributed by atoms with E-state index in [2.05, 4.69) is 25.1 Å². The Balaban J connectivity index is 0.00000141. The van der Waals surface area contributed by atoms with Crippen LogP contribution in [0, 0.1) is 5.92 Å². The Morgan fingerprint density at radius 1 is 1.19 bits per heavy atom. The van der Waals surface area contributed by atoms with Crippen LogP contribution in [0.4, 0.5) is 0 Å². The molecule has 1 N–H and O–H groups in total. The molecule has 9 heteroatoms. The van der Waals surface area contributed by atoms with Crippen molar-refractivity contribution in [1.29, 1.82) is 0 Å².